The van der Waals surface area contributed by atoms with Crippen LogP contribution in [0.5, 0.6) is 11.5 Å². The Labute approximate surface area is 178 Å². The van der Waals surface area contributed by atoms with Crippen LogP contribution in [0.15, 0.2) is 18.2 Å². The lowest BCUT2D eigenvalue weighted by Crippen LogP contribution is -2.44. The number of ether oxygens (including phenoxy) is 2. The summed E-state index contributed by atoms with van der Waals surface area (Å²) in [7, 11) is 0. The van der Waals surface area contributed by atoms with Crippen molar-refractivity contribution in [2.45, 2.75) is 71.9 Å². The Hall–Kier alpha value is -2.50. The van der Waals surface area contributed by atoms with Gasteiger partial charge in [-0.05, 0) is 50.3 Å². The van der Waals surface area contributed by atoms with E-state index >= 15 is 0 Å². The number of aromatic nitrogens is 2. The molecular formula is C24H33N3O3. The van der Waals surface area contributed by atoms with Gasteiger partial charge in [-0.25, -0.2) is 0 Å². The first-order valence-corrected chi connectivity index (χ1v) is 11.1. The minimum absolute atomic E-state index is 0.0575. The van der Waals surface area contributed by atoms with Crippen LogP contribution in [0, 0.1) is 19.8 Å². The van der Waals surface area contributed by atoms with Crippen molar-refractivity contribution in [2.24, 2.45) is 5.92 Å². The number of fused-ring (bicyclic) bond motifs is 1. The second kappa shape index (κ2) is 8.32. The van der Waals surface area contributed by atoms with Crippen LogP contribution in [0.3, 0.4) is 0 Å². The van der Waals surface area contributed by atoms with Gasteiger partial charge in [0, 0.05) is 17.8 Å². The van der Waals surface area contributed by atoms with Crippen LogP contribution in [-0.4, -0.2) is 28.9 Å². The maximum atomic E-state index is 13.2. The summed E-state index contributed by atoms with van der Waals surface area (Å²) in [5.41, 5.74) is 3.87. The Bertz CT molecular complexity index is 926. The highest BCUT2D eigenvalue weighted by molar-refractivity contribution is 5.80. The van der Waals surface area contributed by atoms with Gasteiger partial charge in [0.1, 0.15) is 13.2 Å². The lowest BCUT2D eigenvalue weighted by atomic mass is 9.87. The van der Waals surface area contributed by atoms with Gasteiger partial charge >= 0.3 is 0 Å². The van der Waals surface area contributed by atoms with Gasteiger partial charge in [-0.1, -0.05) is 32.8 Å². The molecule has 1 aromatic carbocycles. The smallest absolute Gasteiger partial charge is 0.225 e. The fraction of sp³-hybridized carbons (Fsp3) is 0.583. The van der Waals surface area contributed by atoms with Crippen molar-refractivity contribution in [2.75, 3.05) is 13.2 Å². The zero-order chi connectivity index (χ0) is 21.3. The molecule has 0 radical (unpaired) electrons. The number of rotatable bonds is 6. The summed E-state index contributed by atoms with van der Waals surface area (Å²) >= 11 is 0. The molecule has 1 aliphatic carbocycles. The lowest BCUT2D eigenvalue weighted by molar-refractivity contribution is -0.122. The van der Waals surface area contributed by atoms with E-state index in [1.54, 1.807) is 0 Å². The van der Waals surface area contributed by atoms with Crippen LogP contribution in [0.2, 0.25) is 0 Å². The van der Waals surface area contributed by atoms with E-state index in [-0.39, 0.29) is 11.4 Å². The average Bonchev–Trinajstić information content (AvgIpc) is 3.28. The third-order valence-corrected chi connectivity index (χ3v) is 6.34. The van der Waals surface area contributed by atoms with E-state index in [0.717, 1.165) is 66.2 Å². The van der Waals surface area contributed by atoms with Crippen molar-refractivity contribution < 1.29 is 14.3 Å². The Morgan fingerprint density at radius 3 is 2.57 bits per heavy atom. The summed E-state index contributed by atoms with van der Waals surface area (Å²) < 4.78 is 13.5. The lowest BCUT2D eigenvalue weighted by Gasteiger charge is -2.32. The van der Waals surface area contributed by atoms with Crippen LogP contribution in [-0.2, 0) is 23.3 Å². The van der Waals surface area contributed by atoms with Crippen molar-refractivity contribution in [3.05, 3.63) is 40.7 Å². The topological polar surface area (TPSA) is 65.4 Å². The van der Waals surface area contributed by atoms with Gasteiger partial charge in [0.25, 0.3) is 0 Å². The van der Waals surface area contributed by atoms with Crippen LogP contribution in [0.4, 0.5) is 0 Å². The van der Waals surface area contributed by atoms with Gasteiger partial charge < -0.3 is 14.8 Å². The number of nitrogens with zero attached hydrogens (tertiary/aromatic N) is 2. The highest BCUT2D eigenvalue weighted by Crippen LogP contribution is 2.42. The van der Waals surface area contributed by atoms with Crippen molar-refractivity contribution in [3.8, 4) is 11.5 Å². The summed E-state index contributed by atoms with van der Waals surface area (Å²) in [5.74, 6) is 2.14. The minimum Gasteiger partial charge on any atom is -0.486 e. The van der Waals surface area contributed by atoms with Crippen molar-refractivity contribution in [3.63, 3.8) is 0 Å². The molecule has 0 atom stereocenters. The maximum Gasteiger partial charge on any atom is 0.225 e. The molecule has 6 nitrogen and oxygen atoms in total. The molecule has 1 N–H and O–H groups in total. The van der Waals surface area contributed by atoms with Crippen LogP contribution in [0.25, 0.3) is 0 Å². The predicted molar refractivity (Wildman–Crippen MR) is 116 cm³/mol. The number of nitrogens with one attached hydrogen (secondary N) is 1. The van der Waals surface area contributed by atoms with E-state index in [1.807, 2.05) is 17.7 Å². The molecule has 1 saturated carbocycles. The number of carbonyl (C=O) groups is 1. The quantitative estimate of drug-likeness (QED) is 0.779. The van der Waals surface area contributed by atoms with Crippen molar-refractivity contribution in [1.82, 2.24) is 15.1 Å². The van der Waals surface area contributed by atoms with Crippen molar-refractivity contribution >= 4 is 5.91 Å². The molecule has 0 unspecified atom stereocenters. The number of aryl methyl sites for hydroxylation is 1. The van der Waals surface area contributed by atoms with E-state index in [2.05, 4.69) is 43.3 Å². The zero-order valence-electron chi connectivity index (χ0n) is 18.6. The van der Waals surface area contributed by atoms with E-state index in [0.29, 0.717) is 25.6 Å². The molecule has 6 heteroatoms. The largest absolute Gasteiger partial charge is 0.486 e. The van der Waals surface area contributed by atoms with Crippen LogP contribution >= 0.6 is 0 Å². The monoisotopic (exact) mass is 411 g/mol. The molecule has 30 heavy (non-hydrogen) atoms. The van der Waals surface area contributed by atoms with Gasteiger partial charge in [-0.15, -0.1) is 0 Å². The summed E-state index contributed by atoms with van der Waals surface area (Å²) in [5, 5.41) is 8.06. The van der Waals surface area contributed by atoms with Gasteiger partial charge in [-0.2, -0.15) is 5.10 Å². The summed E-state index contributed by atoms with van der Waals surface area (Å²) in [6.07, 6.45) is 4.48. The summed E-state index contributed by atoms with van der Waals surface area (Å²) in [6.45, 7) is 10.4. The van der Waals surface area contributed by atoms with E-state index in [1.165, 1.54) is 0 Å². The Balaban J connectivity index is 1.54. The number of amides is 1. The van der Waals surface area contributed by atoms with Gasteiger partial charge in [0.05, 0.1) is 17.7 Å². The Morgan fingerprint density at radius 1 is 1.17 bits per heavy atom. The molecule has 162 valence electrons. The molecular weight excluding hydrogens is 378 g/mol. The summed E-state index contributed by atoms with van der Waals surface area (Å²) in [6, 6.07) is 6.10. The second-order valence-corrected chi connectivity index (χ2v) is 9.10. The first kappa shape index (κ1) is 20.8. The normalized spacial score (nSPS) is 17.4. The molecule has 2 aromatic rings. The highest BCUT2D eigenvalue weighted by atomic mass is 16.6. The Kier molecular flexibility index (Phi) is 5.76. The molecule has 0 spiro atoms. The number of carbonyl (C=O) groups excluding carboxylic acids is 1. The molecule has 1 amide bonds. The SMILES string of the molecule is Cc1nn(CC(C)C)c(C)c1CC(=O)NC1(c2ccc3c(c2)OCCO3)CCCC1. The van der Waals surface area contributed by atoms with Crippen molar-refractivity contribution in [1.29, 1.82) is 0 Å². The minimum atomic E-state index is -0.331. The first-order valence-electron chi connectivity index (χ1n) is 11.1. The van der Waals surface area contributed by atoms with E-state index in [4.69, 9.17) is 9.47 Å². The third-order valence-electron chi connectivity index (χ3n) is 6.34. The number of hydrogen-bond donors (Lipinski definition) is 1. The number of hydrogen-bond acceptors (Lipinski definition) is 4. The standard InChI is InChI=1S/C24H33N3O3/c1-16(2)15-27-18(4)20(17(3)26-27)14-23(28)25-24(9-5-6-10-24)19-7-8-21-22(13-19)30-12-11-29-21/h7-8,13,16H,5-6,9-12,14-15H2,1-4H3,(H,25,28). The Morgan fingerprint density at radius 2 is 1.87 bits per heavy atom. The van der Waals surface area contributed by atoms with Gasteiger partial charge in [0.15, 0.2) is 11.5 Å². The third kappa shape index (κ3) is 4.05. The van der Waals surface area contributed by atoms with Crippen LogP contribution in [0.1, 0.15) is 62.0 Å². The molecule has 1 aromatic heterocycles. The maximum absolute atomic E-state index is 13.2. The average molecular weight is 412 g/mol. The predicted octanol–water partition coefficient (Wildman–Crippen LogP) is 4.06. The molecule has 0 saturated heterocycles. The first-order chi connectivity index (χ1) is 14.4. The van der Waals surface area contributed by atoms with Crippen LogP contribution < -0.4 is 14.8 Å². The van der Waals surface area contributed by atoms with E-state index in [9.17, 15) is 4.79 Å². The molecule has 2 heterocycles. The highest BCUT2D eigenvalue weighted by Gasteiger charge is 2.38. The van der Waals surface area contributed by atoms with Gasteiger partial charge in [-0.3, -0.25) is 9.48 Å². The fourth-order valence-corrected chi connectivity index (χ4v) is 4.79. The van der Waals surface area contributed by atoms with E-state index < -0.39 is 0 Å². The zero-order valence-corrected chi connectivity index (χ0v) is 18.6. The fourth-order valence-electron chi connectivity index (χ4n) is 4.79. The molecule has 2 aliphatic rings. The molecule has 1 fully saturated rings. The number of benzene rings is 1. The second-order valence-electron chi connectivity index (χ2n) is 9.10. The molecule has 4 rings (SSSR count). The van der Waals surface area contributed by atoms with Gasteiger partial charge in [0.2, 0.25) is 5.91 Å². The molecule has 1 aliphatic heterocycles. The summed E-state index contributed by atoms with van der Waals surface area (Å²) in [4.78, 5) is 13.2. The molecule has 0 bridgehead atoms.